The van der Waals surface area contributed by atoms with E-state index in [0.717, 1.165) is 38.1 Å². The number of imidazole rings is 1. The van der Waals surface area contributed by atoms with Crippen LogP contribution in [0, 0.1) is 12.8 Å². The molecule has 3 N–H and O–H groups in total. The molecule has 35 heavy (non-hydrogen) atoms. The van der Waals surface area contributed by atoms with Gasteiger partial charge < -0.3 is 15.6 Å². The van der Waals surface area contributed by atoms with Gasteiger partial charge in [-0.15, -0.1) is 11.3 Å². The number of benzene rings is 2. The summed E-state index contributed by atoms with van der Waals surface area (Å²) in [5, 5.41) is 6.37. The number of rotatable bonds is 8. The molecule has 1 amide bonds. The first kappa shape index (κ1) is 24.5. The van der Waals surface area contributed by atoms with E-state index in [1.165, 1.54) is 22.5 Å². The van der Waals surface area contributed by atoms with Crippen LogP contribution < -0.4 is 10.6 Å². The van der Waals surface area contributed by atoms with Crippen molar-refractivity contribution in [1.82, 2.24) is 20.6 Å². The van der Waals surface area contributed by atoms with Crippen LogP contribution in [-0.4, -0.2) is 22.9 Å². The smallest absolute Gasteiger partial charge is 0.261 e. The fourth-order valence-corrected chi connectivity index (χ4v) is 4.87. The van der Waals surface area contributed by atoms with Gasteiger partial charge in [0.15, 0.2) is 0 Å². The van der Waals surface area contributed by atoms with Crippen LogP contribution in [-0.2, 0) is 0 Å². The average molecular weight is 485 g/mol. The van der Waals surface area contributed by atoms with E-state index in [9.17, 15) is 4.79 Å². The molecule has 0 bridgehead atoms. The molecule has 1 atom stereocenters. The Bertz CT molecular complexity index is 1310. The van der Waals surface area contributed by atoms with Crippen molar-refractivity contribution >= 4 is 22.9 Å². The number of aromatic amines is 1. The number of allylic oxidation sites excluding steroid dienone is 1. The van der Waals surface area contributed by atoms with Gasteiger partial charge in [0.25, 0.3) is 5.91 Å². The molecule has 180 valence electrons. The predicted molar refractivity (Wildman–Crippen MR) is 146 cm³/mol. The first-order valence-corrected chi connectivity index (χ1v) is 12.7. The molecule has 0 saturated carbocycles. The zero-order chi connectivity index (χ0) is 24.9. The van der Waals surface area contributed by atoms with Crippen molar-refractivity contribution in [3.05, 3.63) is 94.1 Å². The second-order valence-electron chi connectivity index (χ2n) is 8.89. The van der Waals surface area contributed by atoms with Crippen molar-refractivity contribution in [2.45, 2.75) is 33.7 Å². The van der Waals surface area contributed by atoms with Gasteiger partial charge in [-0.2, -0.15) is 0 Å². The fourth-order valence-electron chi connectivity index (χ4n) is 4.10. The summed E-state index contributed by atoms with van der Waals surface area (Å²) in [4.78, 5) is 22.6. The average Bonchev–Trinajstić information content (AvgIpc) is 3.53. The van der Waals surface area contributed by atoms with E-state index in [4.69, 9.17) is 0 Å². The summed E-state index contributed by atoms with van der Waals surface area (Å²) in [5.41, 5.74) is 6.59. The van der Waals surface area contributed by atoms with Gasteiger partial charge >= 0.3 is 0 Å². The maximum atomic E-state index is 12.7. The minimum atomic E-state index is -0.198. The molecule has 0 aliphatic carbocycles. The SMILES string of the molecule is C/C=C(\NC)c1ccc(-c2ccc(-c3cnc(C(NC(=O)c4ccc(C)s4)C(C)C)[nH]3)cc2)cc1. The van der Waals surface area contributed by atoms with Crippen LogP contribution in [0.2, 0.25) is 0 Å². The Kier molecular flexibility index (Phi) is 7.51. The molecular weight excluding hydrogens is 452 g/mol. The monoisotopic (exact) mass is 484 g/mol. The summed E-state index contributed by atoms with van der Waals surface area (Å²) in [7, 11) is 1.94. The molecule has 0 fully saturated rings. The lowest BCUT2D eigenvalue weighted by Gasteiger charge is -2.20. The summed E-state index contributed by atoms with van der Waals surface area (Å²) in [6, 6.07) is 20.6. The third kappa shape index (κ3) is 5.54. The Hall–Kier alpha value is -3.64. The molecule has 1 unspecified atom stereocenters. The third-order valence-electron chi connectivity index (χ3n) is 6.09. The summed E-state index contributed by atoms with van der Waals surface area (Å²) in [6.07, 6.45) is 3.91. The molecule has 0 aliphatic rings. The highest BCUT2D eigenvalue weighted by Gasteiger charge is 2.23. The predicted octanol–water partition coefficient (Wildman–Crippen LogP) is 6.82. The quantitative estimate of drug-likeness (QED) is 0.257. The van der Waals surface area contributed by atoms with Crippen molar-refractivity contribution in [2.75, 3.05) is 7.05 Å². The lowest BCUT2D eigenvalue weighted by Crippen LogP contribution is -2.32. The van der Waals surface area contributed by atoms with Crippen molar-refractivity contribution < 1.29 is 4.79 Å². The summed E-state index contributed by atoms with van der Waals surface area (Å²) in [6.45, 7) is 8.20. The standard InChI is InChI=1S/C29H32N4OS/c1-6-24(30-5)22-12-8-20(9-13-22)21-10-14-23(15-11-21)25-17-31-28(32-25)27(18(2)3)33-29(34)26-16-7-19(4)35-26/h6-18,27,30H,1-5H3,(H,31,32)(H,33,34)/b24-6-. The van der Waals surface area contributed by atoms with Gasteiger partial charge in [0.2, 0.25) is 0 Å². The number of thiophene rings is 1. The maximum absolute atomic E-state index is 12.7. The van der Waals surface area contributed by atoms with E-state index in [0.29, 0.717) is 0 Å². The van der Waals surface area contributed by atoms with E-state index >= 15 is 0 Å². The number of hydrogen-bond acceptors (Lipinski definition) is 4. The van der Waals surface area contributed by atoms with Crippen LogP contribution >= 0.6 is 11.3 Å². The van der Waals surface area contributed by atoms with Crippen molar-refractivity contribution in [3.8, 4) is 22.4 Å². The highest BCUT2D eigenvalue weighted by atomic mass is 32.1. The lowest BCUT2D eigenvalue weighted by molar-refractivity contribution is 0.0927. The van der Waals surface area contributed by atoms with Crippen LogP contribution in [0.15, 0.2) is 72.9 Å². The Labute approximate surface area is 211 Å². The van der Waals surface area contributed by atoms with E-state index in [1.807, 2.05) is 39.2 Å². The van der Waals surface area contributed by atoms with Crippen LogP contribution in [0.4, 0.5) is 0 Å². The number of amides is 1. The molecule has 0 saturated heterocycles. The van der Waals surface area contributed by atoms with Gasteiger partial charge in [0.1, 0.15) is 5.82 Å². The summed E-state index contributed by atoms with van der Waals surface area (Å²) in [5.74, 6) is 0.891. The lowest BCUT2D eigenvalue weighted by atomic mass is 10.0. The second kappa shape index (κ2) is 10.7. The van der Waals surface area contributed by atoms with E-state index < -0.39 is 0 Å². The fraction of sp³-hybridized carbons (Fsp3) is 0.241. The van der Waals surface area contributed by atoms with E-state index in [-0.39, 0.29) is 17.9 Å². The van der Waals surface area contributed by atoms with Crippen LogP contribution in [0.5, 0.6) is 0 Å². The Morgan fingerprint density at radius 2 is 1.60 bits per heavy atom. The number of nitrogens with zero attached hydrogens (tertiary/aromatic N) is 1. The minimum Gasteiger partial charge on any atom is -0.388 e. The molecule has 6 heteroatoms. The first-order valence-electron chi connectivity index (χ1n) is 11.9. The van der Waals surface area contributed by atoms with Crippen LogP contribution in [0.3, 0.4) is 0 Å². The molecule has 5 nitrogen and oxygen atoms in total. The maximum Gasteiger partial charge on any atom is 0.261 e. The van der Waals surface area contributed by atoms with E-state index in [2.05, 4.69) is 89.1 Å². The Morgan fingerprint density at radius 1 is 0.971 bits per heavy atom. The Balaban J connectivity index is 1.50. The molecule has 4 aromatic rings. The number of aromatic nitrogens is 2. The molecule has 4 rings (SSSR count). The highest BCUT2D eigenvalue weighted by molar-refractivity contribution is 7.13. The number of H-pyrrole nitrogens is 1. The minimum absolute atomic E-state index is 0.0635. The summed E-state index contributed by atoms with van der Waals surface area (Å²) < 4.78 is 0. The Morgan fingerprint density at radius 3 is 2.14 bits per heavy atom. The highest BCUT2D eigenvalue weighted by Crippen LogP contribution is 2.27. The largest absolute Gasteiger partial charge is 0.388 e. The molecule has 0 aliphatic heterocycles. The van der Waals surface area contributed by atoms with Crippen molar-refractivity contribution in [1.29, 1.82) is 0 Å². The molecule has 0 spiro atoms. The van der Waals surface area contributed by atoms with Gasteiger partial charge in [0, 0.05) is 17.6 Å². The van der Waals surface area contributed by atoms with Crippen LogP contribution in [0.1, 0.15) is 52.7 Å². The zero-order valence-electron chi connectivity index (χ0n) is 20.8. The summed E-state index contributed by atoms with van der Waals surface area (Å²) >= 11 is 1.50. The molecular formula is C29H32N4OS. The zero-order valence-corrected chi connectivity index (χ0v) is 21.7. The number of aryl methyl sites for hydroxylation is 1. The van der Waals surface area contributed by atoms with Gasteiger partial charge in [0.05, 0.1) is 22.8 Å². The first-order chi connectivity index (χ1) is 16.9. The number of carbonyl (C=O) groups excluding carboxylic acids is 1. The molecule has 2 heterocycles. The van der Waals surface area contributed by atoms with Crippen molar-refractivity contribution in [3.63, 3.8) is 0 Å². The third-order valence-corrected chi connectivity index (χ3v) is 7.09. The van der Waals surface area contributed by atoms with Gasteiger partial charge in [-0.3, -0.25) is 4.79 Å². The number of hydrogen-bond donors (Lipinski definition) is 3. The van der Waals surface area contributed by atoms with Gasteiger partial charge in [-0.05, 0) is 54.2 Å². The molecule has 2 aromatic carbocycles. The van der Waals surface area contributed by atoms with Crippen molar-refractivity contribution in [2.24, 2.45) is 5.92 Å². The molecule has 0 radical (unpaired) electrons. The van der Waals surface area contributed by atoms with Gasteiger partial charge in [-0.1, -0.05) is 68.5 Å². The molecule has 2 aromatic heterocycles. The second-order valence-corrected chi connectivity index (χ2v) is 10.2. The van der Waals surface area contributed by atoms with Crippen LogP contribution in [0.25, 0.3) is 28.1 Å². The van der Waals surface area contributed by atoms with E-state index in [1.54, 1.807) is 0 Å². The number of carbonyl (C=O) groups is 1. The number of nitrogens with one attached hydrogen (secondary N) is 3. The normalized spacial score (nSPS) is 12.6. The van der Waals surface area contributed by atoms with Gasteiger partial charge in [-0.25, -0.2) is 4.98 Å². The topological polar surface area (TPSA) is 69.8 Å².